The van der Waals surface area contributed by atoms with Gasteiger partial charge in [0.1, 0.15) is 12.0 Å². The van der Waals surface area contributed by atoms with E-state index in [4.69, 9.17) is 0 Å². The van der Waals surface area contributed by atoms with Crippen molar-refractivity contribution in [2.45, 2.75) is 18.9 Å². The second kappa shape index (κ2) is 5.12. The van der Waals surface area contributed by atoms with Crippen LogP contribution in [0.4, 0.5) is 15.8 Å². The second-order valence-corrected chi connectivity index (χ2v) is 5.02. The standard InChI is InChI=1S/C13H14FN5O2/c1-17-8-15-16-13(17)11-6-3-7-18(11)10-5-2-4-9(14)12(10)19(20)21/h2,4-5,8,11H,3,6-7H2,1H3/t11-/m1/s1. The average molecular weight is 291 g/mol. The van der Waals surface area contributed by atoms with Crippen molar-refractivity contribution in [2.75, 3.05) is 11.4 Å². The predicted octanol–water partition coefficient (Wildman–Crippen LogP) is 2.20. The number of para-hydroxylation sites is 1. The maximum atomic E-state index is 13.8. The van der Waals surface area contributed by atoms with Crippen molar-refractivity contribution in [3.05, 3.63) is 46.3 Å². The lowest BCUT2D eigenvalue weighted by Crippen LogP contribution is -2.25. The predicted molar refractivity (Wildman–Crippen MR) is 73.4 cm³/mol. The SMILES string of the molecule is Cn1cnnc1[C@H]1CCCN1c1cccc(F)c1[N+](=O)[O-]. The van der Waals surface area contributed by atoms with E-state index in [1.165, 1.54) is 6.07 Å². The minimum absolute atomic E-state index is 0.127. The average Bonchev–Trinajstić information content (AvgIpc) is 3.05. The fourth-order valence-corrected chi connectivity index (χ4v) is 2.83. The van der Waals surface area contributed by atoms with Gasteiger partial charge >= 0.3 is 5.69 Å². The number of nitro groups is 1. The molecule has 21 heavy (non-hydrogen) atoms. The van der Waals surface area contributed by atoms with Gasteiger partial charge in [0.05, 0.1) is 11.0 Å². The Morgan fingerprint density at radius 1 is 1.48 bits per heavy atom. The van der Waals surface area contributed by atoms with Gasteiger partial charge in [-0.25, -0.2) is 0 Å². The number of aromatic nitrogens is 3. The first-order valence-electron chi connectivity index (χ1n) is 6.63. The van der Waals surface area contributed by atoms with Gasteiger partial charge in [-0.15, -0.1) is 10.2 Å². The van der Waals surface area contributed by atoms with E-state index in [1.807, 2.05) is 11.9 Å². The minimum Gasteiger partial charge on any atom is -0.356 e. The molecule has 0 spiro atoms. The van der Waals surface area contributed by atoms with Crippen LogP contribution in [0.5, 0.6) is 0 Å². The van der Waals surface area contributed by atoms with Crippen LogP contribution < -0.4 is 4.90 Å². The zero-order chi connectivity index (χ0) is 15.0. The monoisotopic (exact) mass is 291 g/mol. The van der Waals surface area contributed by atoms with Crippen molar-refractivity contribution in [3.63, 3.8) is 0 Å². The lowest BCUT2D eigenvalue weighted by molar-refractivity contribution is -0.386. The van der Waals surface area contributed by atoms with Crippen molar-refractivity contribution in [2.24, 2.45) is 7.05 Å². The molecule has 0 unspecified atom stereocenters. The molecule has 110 valence electrons. The summed E-state index contributed by atoms with van der Waals surface area (Å²) in [6.45, 7) is 0.627. The van der Waals surface area contributed by atoms with Gasteiger partial charge in [-0.1, -0.05) is 6.07 Å². The summed E-state index contributed by atoms with van der Waals surface area (Å²) < 4.78 is 15.6. The molecule has 1 fully saturated rings. The molecular formula is C13H14FN5O2. The van der Waals surface area contributed by atoms with Gasteiger partial charge in [-0.2, -0.15) is 4.39 Å². The number of nitrogens with zero attached hydrogens (tertiary/aromatic N) is 5. The number of benzene rings is 1. The third-order valence-electron chi connectivity index (χ3n) is 3.75. The molecule has 0 amide bonds. The van der Waals surface area contributed by atoms with Crippen LogP contribution in [0.25, 0.3) is 0 Å². The van der Waals surface area contributed by atoms with Gasteiger partial charge in [0, 0.05) is 13.6 Å². The highest BCUT2D eigenvalue weighted by molar-refractivity contribution is 5.65. The fraction of sp³-hybridized carbons (Fsp3) is 0.385. The highest BCUT2D eigenvalue weighted by atomic mass is 19.1. The summed E-state index contributed by atoms with van der Waals surface area (Å²) in [5, 5.41) is 19.1. The van der Waals surface area contributed by atoms with E-state index < -0.39 is 16.4 Å². The first kappa shape index (κ1) is 13.5. The molecule has 0 radical (unpaired) electrons. The smallest absolute Gasteiger partial charge is 0.327 e. The summed E-state index contributed by atoms with van der Waals surface area (Å²) in [4.78, 5) is 12.3. The van der Waals surface area contributed by atoms with Crippen LogP contribution >= 0.6 is 0 Å². The fourth-order valence-electron chi connectivity index (χ4n) is 2.83. The lowest BCUT2D eigenvalue weighted by atomic mass is 10.1. The molecule has 0 bridgehead atoms. The Balaban J connectivity index is 2.06. The Hall–Kier alpha value is -2.51. The van der Waals surface area contributed by atoms with E-state index in [1.54, 1.807) is 17.0 Å². The highest BCUT2D eigenvalue weighted by Gasteiger charge is 2.34. The summed E-state index contributed by atoms with van der Waals surface area (Å²) in [6, 6.07) is 4.05. The molecule has 8 heteroatoms. The van der Waals surface area contributed by atoms with Crippen LogP contribution in [-0.2, 0) is 7.05 Å². The van der Waals surface area contributed by atoms with Crippen molar-refractivity contribution >= 4 is 11.4 Å². The molecule has 0 N–H and O–H groups in total. The van der Waals surface area contributed by atoms with Gasteiger partial charge in [0.15, 0.2) is 5.82 Å². The Kier molecular flexibility index (Phi) is 3.28. The van der Waals surface area contributed by atoms with Crippen LogP contribution in [0.2, 0.25) is 0 Å². The topological polar surface area (TPSA) is 77.1 Å². The van der Waals surface area contributed by atoms with Crippen molar-refractivity contribution < 1.29 is 9.31 Å². The van der Waals surface area contributed by atoms with Gasteiger partial charge in [-0.3, -0.25) is 10.1 Å². The zero-order valence-corrected chi connectivity index (χ0v) is 11.4. The summed E-state index contributed by atoms with van der Waals surface area (Å²) in [6.07, 6.45) is 3.26. The molecule has 1 aliphatic heterocycles. The maximum Gasteiger partial charge on any atom is 0.327 e. The quantitative estimate of drug-likeness (QED) is 0.640. The molecule has 7 nitrogen and oxygen atoms in total. The van der Waals surface area contributed by atoms with Crippen molar-refractivity contribution in [1.29, 1.82) is 0 Å². The molecule has 1 aliphatic rings. The van der Waals surface area contributed by atoms with Crippen LogP contribution in [0.15, 0.2) is 24.5 Å². The number of hydrogen-bond acceptors (Lipinski definition) is 5. The first-order chi connectivity index (χ1) is 10.1. The molecule has 3 rings (SSSR count). The minimum atomic E-state index is -0.818. The third-order valence-corrected chi connectivity index (χ3v) is 3.75. The Labute approximate surface area is 120 Å². The number of nitro benzene ring substituents is 1. The summed E-state index contributed by atoms with van der Waals surface area (Å²) >= 11 is 0. The molecule has 2 heterocycles. The molecular weight excluding hydrogens is 277 g/mol. The summed E-state index contributed by atoms with van der Waals surface area (Å²) in [7, 11) is 1.83. The molecule has 0 saturated carbocycles. The summed E-state index contributed by atoms with van der Waals surface area (Å²) in [5.41, 5.74) is -0.183. The zero-order valence-electron chi connectivity index (χ0n) is 11.4. The van der Waals surface area contributed by atoms with E-state index in [2.05, 4.69) is 10.2 Å². The molecule has 1 saturated heterocycles. The van der Waals surface area contributed by atoms with Crippen molar-refractivity contribution in [1.82, 2.24) is 14.8 Å². The van der Waals surface area contributed by atoms with E-state index in [9.17, 15) is 14.5 Å². The van der Waals surface area contributed by atoms with Crippen LogP contribution in [0.1, 0.15) is 24.7 Å². The van der Waals surface area contributed by atoms with Gasteiger partial charge in [0.2, 0.25) is 5.82 Å². The van der Waals surface area contributed by atoms with E-state index in [-0.39, 0.29) is 6.04 Å². The van der Waals surface area contributed by atoms with E-state index in [0.29, 0.717) is 12.2 Å². The molecule has 1 aromatic heterocycles. The second-order valence-electron chi connectivity index (χ2n) is 5.02. The number of aryl methyl sites for hydroxylation is 1. The van der Waals surface area contributed by atoms with Gasteiger partial charge in [-0.05, 0) is 25.0 Å². The normalized spacial score (nSPS) is 18.2. The molecule has 1 atom stereocenters. The largest absolute Gasteiger partial charge is 0.356 e. The van der Waals surface area contributed by atoms with E-state index >= 15 is 0 Å². The number of anilines is 1. The van der Waals surface area contributed by atoms with Crippen LogP contribution in [0.3, 0.4) is 0 Å². The first-order valence-corrected chi connectivity index (χ1v) is 6.63. The summed E-state index contributed by atoms with van der Waals surface area (Å²) in [5.74, 6) is -0.0906. The van der Waals surface area contributed by atoms with Crippen LogP contribution in [-0.4, -0.2) is 26.2 Å². The Morgan fingerprint density at radius 2 is 2.29 bits per heavy atom. The number of halogens is 1. The lowest BCUT2D eigenvalue weighted by Gasteiger charge is -2.25. The van der Waals surface area contributed by atoms with Gasteiger partial charge in [0.25, 0.3) is 0 Å². The Morgan fingerprint density at radius 3 is 2.95 bits per heavy atom. The molecule has 1 aromatic carbocycles. The highest BCUT2D eigenvalue weighted by Crippen LogP contribution is 2.40. The maximum absolute atomic E-state index is 13.8. The molecule has 0 aliphatic carbocycles. The van der Waals surface area contributed by atoms with Crippen molar-refractivity contribution in [3.8, 4) is 0 Å². The van der Waals surface area contributed by atoms with E-state index in [0.717, 1.165) is 24.7 Å². The Bertz CT molecular complexity index is 687. The van der Waals surface area contributed by atoms with Crippen LogP contribution in [0, 0.1) is 15.9 Å². The van der Waals surface area contributed by atoms with Gasteiger partial charge < -0.3 is 9.47 Å². The molecule has 2 aromatic rings. The number of hydrogen-bond donors (Lipinski definition) is 0. The number of rotatable bonds is 3. The third kappa shape index (κ3) is 2.22.